The van der Waals surface area contributed by atoms with E-state index in [1.54, 1.807) is 0 Å². The molecule has 27 heavy (non-hydrogen) atoms. The SMILES string of the molecule is O=C(CN1CSCC1=O)Nc1ccc(S(=O)(=O)NC2=NCCCCC2)cc1. The van der Waals surface area contributed by atoms with Crippen LogP contribution >= 0.6 is 11.8 Å². The topological polar surface area (TPSA) is 108 Å². The molecule has 2 amide bonds. The van der Waals surface area contributed by atoms with Crippen molar-refractivity contribution >= 4 is 45.1 Å². The normalized spacial score (nSPS) is 18.0. The summed E-state index contributed by atoms with van der Waals surface area (Å²) >= 11 is 1.47. The smallest absolute Gasteiger partial charge is 0.262 e. The van der Waals surface area contributed by atoms with Gasteiger partial charge in [0.2, 0.25) is 11.8 Å². The van der Waals surface area contributed by atoms with Crippen LogP contribution in [0, 0.1) is 0 Å². The second kappa shape index (κ2) is 8.75. The summed E-state index contributed by atoms with van der Waals surface area (Å²) in [5, 5.41) is 2.68. The number of amidine groups is 1. The Labute approximate surface area is 162 Å². The molecule has 2 aliphatic heterocycles. The number of thioether (sulfide) groups is 1. The molecule has 0 aromatic heterocycles. The lowest BCUT2D eigenvalue weighted by Gasteiger charge is -2.14. The van der Waals surface area contributed by atoms with E-state index in [1.807, 2.05) is 0 Å². The number of carbonyl (C=O) groups excluding carboxylic acids is 2. The summed E-state index contributed by atoms with van der Waals surface area (Å²) in [7, 11) is -3.70. The summed E-state index contributed by atoms with van der Waals surface area (Å²) < 4.78 is 27.5. The number of aliphatic imine (C=N–C) groups is 1. The predicted octanol–water partition coefficient (Wildman–Crippen LogP) is 1.41. The van der Waals surface area contributed by atoms with Gasteiger partial charge in [-0.25, -0.2) is 8.42 Å². The van der Waals surface area contributed by atoms with Gasteiger partial charge in [0, 0.05) is 18.7 Å². The minimum Gasteiger partial charge on any atom is -0.325 e. The zero-order chi connectivity index (χ0) is 19.3. The predicted molar refractivity (Wildman–Crippen MR) is 105 cm³/mol. The van der Waals surface area contributed by atoms with E-state index in [9.17, 15) is 18.0 Å². The third-order valence-electron chi connectivity index (χ3n) is 4.23. The van der Waals surface area contributed by atoms with Crippen LogP contribution in [0.1, 0.15) is 25.7 Å². The molecule has 2 N–H and O–H groups in total. The fourth-order valence-corrected chi connectivity index (χ4v) is 4.80. The third kappa shape index (κ3) is 5.46. The Kier molecular flexibility index (Phi) is 6.38. The maximum Gasteiger partial charge on any atom is 0.262 e. The highest BCUT2D eigenvalue weighted by Crippen LogP contribution is 2.17. The molecule has 1 fully saturated rings. The Morgan fingerprint density at radius 3 is 2.67 bits per heavy atom. The monoisotopic (exact) mass is 410 g/mol. The number of nitrogens with one attached hydrogen (secondary N) is 2. The largest absolute Gasteiger partial charge is 0.325 e. The molecule has 0 saturated carbocycles. The van der Waals surface area contributed by atoms with E-state index in [0.717, 1.165) is 19.3 Å². The van der Waals surface area contributed by atoms with Crippen molar-refractivity contribution in [3.8, 4) is 0 Å². The first-order valence-corrected chi connectivity index (χ1v) is 11.4. The van der Waals surface area contributed by atoms with Crippen molar-refractivity contribution in [3.05, 3.63) is 24.3 Å². The number of sulfonamides is 1. The molecular formula is C17H22N4O4S2. The van der Waals surface area contributed by atoms with Crippen molar-refractivity contribution in [2.45, 2.75) is 30.6 Å². The molecule has 2 aliphatic rings. The molecule has 0 bridgehead atoms. The molecule has 0 unspecified atom stereocenters. The van der Waals surface area contributed by atoms with Crippen molar-refractivity contribution in [1.82, 2.24) is 9.62 Å². The van der Waals surface area contributed by atoms with Crippen LogP contribution in [0.2, 0.25) is 0 Å². The highest BCUT2D eigenvalue weighted by atomic mass is 32.2. The van der Waals surface area contributed by atoms with E-state index in [4.69, 9.17) is 0 Å². The van der Waals surface area contributed by atoms with Crippen molar-refractivity contribution in [3.63, 3.8) is 0 Å². The molecule has 8 nitrogen and oxygen atoms in total. The summed E-state index contributed by atoms with van der Waals surface area (Å²) in [5.41, 5.74) is 0.477. The van der Waals surface area contributed by atoms with Gasteiger partial charge < -0.3 is 10.2 Å². The second-order valence-corrected chi connectivity index (χ2v) is 9.02. The zero-order valence-corrected chi connectivity index (χ0v) is 16.4. The molecule has 2 heterocycles. The van der Waals surface area contributed by atoms with Crippen LogP contribution in [0.25, 0.3) is 0 Å². The van der Waals surface area contributed by atoms with Gasteiger partial charge in [0.1, 0.15) is 12.4 Å². The number of rotatable bonds is 5. The Morgan fingerprint density at radius 2 is 1.96 bits per heavy atom. The van der Waals surface area contributed by atoms with Gasteiger partial charge in [0.25, 0.3) is 10.0 Å². The van der Waals surface area contributed by atoms with Crippen LogP contribution < -0.4 is 10.0 Å². The number of anilines is 1. The van der Waals surface area contributed by atoms with Gasteiger partial charge in [-0.05, 0) is 37.1 Å². The molecular weight excluding hydrogens is 388 g/mol. The molecule has 0 spiro atoms. The molecule has 1 saturated heterocycles. The lowest BCUT2D eigenvalue weighted by atomic mass is 10.2. The Hall–Kier alpha value is -2.07. The fraction of sp³-hybridized carbons (Fsp3) is 0.471. The minimum absolute atomic E-state index is 0.00668. The van der Waals surface area contributed by atoms with Gasteiger partial charge in [0.05, 0.1) is 16.5 Å². The van der Waals surface area contributed by atoms with Crippen molar-refractivity contribution in [2.75, 3.05) is 30.0 Å². The number of amides is 2. The number of hydrogen-bond acceptors (Lipinski definition) is 6. The highest BCUT2D eigenvalue weighted by molar-refractivity contribution is 8.00. The van der Waals surface area contributed by atoms with Gasteiger partial charge in [-0.15, -0.1) is 11.8 Å². The van der Waals surface area contributed by atoms with Crippen molar-refractivity contribution in [1.29, 1.82) is 0 Å². The summed E-state index contributed by atoms with van der Waals surface area (Å²) in [5.74, 6) is 1.05. The molecule has 0 aliphatic carbocycles. The molecule has 0 radical (unpaired) electrons. The van der Waals surface area contributed by atoms with Gasteiger partial charge in [0.15, 0.2) is 0 Å². The molecule has 146 valence electrons. The van der Waals surface area contributed by atoms with E-state index in [0.29, 0.717) is 36.1 Å². The second-order valence-electron chi connectivity index (χ2n) is 6.39. The van der Waals surface area contributed by atoms with E-state index in [-0.39, 0.29) is 23.3 Å². The number of carbonyl (C=O) groups is 2. The van der Waals surface area contributed by atoms with Gasteiger partial charge in [-0.1, -0.05) is 6.42 Å². The van der Waals surface area contributed by atoms with Gasteiger partial charge in [-0.2, -0.15) is 0 Å². The van der Waals surface area contributed by atoms with E-state index in [1.165, 1.54) is 40.9 Å². The molecule has 1 aromatic carbocycles. The van der Waals surface area contributed by atoms with Crippen molar-refractivity contribution in [2.24, 2.45) is 4.99 Å². The third-order valence-corrected chi connectivity index (χ3v) is 6.58. The Bertz CT molecular complexity index is 837. The lowest BCUT2D eigenvalue weighted by Crippen LogP contribution is -2.34. The fourth-order valence-electron chi connectivity index (χ4n) is 2.80. The maximum absolute atomic E-state index is 12.5. The molecule has 10 heteroatoms. The number of benzene rings is 1. The summed E-state index contributed by atoms with van der Waals surface area (Å²) in [4.78, 5) is 29.4. The van der Waals surface area contributed by atoms with Crippen LogP contribution in [0.4, 0.5) is 5.69 Å². The molecule has 1 aromatic rings. The first-order valence-electron chi connectivity index (χ1n) is 8.76. The Morgan fingerprint density at radius 1 is 1.19 bits per heavy atom. The van der Waals surface area contributed by atoms with Crippen LogP contribution in [-0.4, -0.2) is 55.7 Å². The molecule has 3 rings (SSSR count). The van der Waals surface area contributed by atoms with Gasteiger partial charge >= 0.3 is 0 Å². The van der Waals surface area contributed by atoms with E-state index in [2.05, 4.69) is 15.0 Å². The van der Waals surface area contributed by atoms with Crippen molar-refractivity contribution < 1.29 is 18.0 Å². The zero-order valence-electron chi connectivity index (χ0n) is 14.8. The van der Waals surface area contributed by atoms with Crippen LogP contribution in [-0.2, 0) is 19.6 Å². The first-order chi connectivity index (χ1) is 12.9. The van der Waals surface area contributed by atoms with E-state index >= 15 is 0 Å². The minimum atomic E-state index is -3.70. The maximum atomic E-state index is 12.5. The van der Waals surface area contributed by atoms with E-state index < -0.39 is 10.0 Å². The van der Waals surface area contributed by atoms with Gasteiger partial charge in [-0.3, -0.25) is 19.3 Å². The molecule has 0 atom stereocenters. The average molecular weight is 411 g/mol. The van der Waals surface area contributed by atoms with Crippen LogP contribution in [0.5, 0.6) is 0 Å². The lowest BCUT2D eigenvalue weighted by molar-refractivity contribution is -0.130. The van der Waals surface area contributed by atoms with Crippen LogP contribution in [0.15, 0.2) is 34.2 Å². The summed E-state index contributed by atoms with van der Waals surface area (Å²) in [6, 6.07) is 5.93. The number of hydrogen-bond donors (Lipinski definition) is 2. The Balaban J connectivity index is 1.59. The quantitative estimate of drug-likeness (QED) is 0.763. The van der Waals surface area contributed by atoms with Crippen LogP contribution in [0.3, 0.4) is 0 Å². The standard InChI is InChI=1S/C17H22N4O4S2/c22-16(10-21-12-26-11-17(21)23)19-13-5-7-14(8-6-13)27(24,25)20-15-4-2-1-3-9-18-15/h5-8H,1-4,9-12H2,(H,18,20)(H,19,22). The average Bonchev–Trinajstić information content (AvgIpc) is 2.87. The number of nitrogens with zero attached hydrogens (tertiary/aromatic N) is 2. The first kappa shape index (κ1) is 19.7. The summed E-state index contributed by atoms with van der Waals surface area (Å²) in [6.07, 6.45) is 3.57. The summed E-state index contributed by atoms with van der Waals surface area (Å²) in [6.45, 7) is 0.633. The highest BCUT2D eigenvalue weighted by Gasteiger charge is 2.23.